The Hall–Kier alpha value is -1.14. The van der Waals surface area contributed by atoms with E-state index in [4.69, 9.17) is 20.4 Å². The van der Waals surface area contributed by atoms with Crippen molar-refractivity contribution in [1.82, 2.24) is 0 Å². The summed E-state index contributed by atoms with van der Waals surface area (Å²) in [5.74, 6) is -1.64. The highest BCUT2D eigenvalue weighted by molar-refractivity contribution is 5.67. The summed E-state index contributed by atoms with van der Waals surface area (Å²) < 4.78 is 0. The van der Waals surface area contributed by atoms with Crippen molar-refractivity contribution in [3.05, 3.63) is 0 Å². The Kier molecular flexibility index (Phi) is 15.9. The number of carboxylic acid groups (broad SMARTS) is 2. The molecule has 0 saturated heterocycles. The van der Waals surface area contributed by atoms with Gasteiger partial charge in [0.1, 0.15) is 0 Å². The lowest BCUT2D eigenvalue weighted by Crippen LogP contribution is -1.96. The Labute approximate surface area is 101 Å². The molecule has 0 aliphatic heterocycles. The van der Waals surface area contributed by atoms with Crippen molar-refractivity contribution >= 4 is 11.9 Å². The van der Waals surface area contributed by atoms with Crippen LogP contribution in [0.1, 0.15) is 44.9 Å². The minimum Gasteiger partial charge on any atom is -0.481 e. The third-order valence-corrected chi connectivity index (χ3v) is 1.85. The third-order valence-electron chi connectivity index (χ3n) is 1.85. The molecule has 0 radical (unpaired) electrons. The quantitative estimate of drug-likeness (QED) is 0.451. The monoisotopic (exact) mass is 250 g/mol. The van der Waals surface area contributed by atoms with E-state index in [0.717, 1.165) is 12.8 Å². The molecule has 0 atom stereocenters. The summed E-state index contributed by atoms with van der Waals surface area (Å²) in [7, 11) is 0. The maximum atomic E-state index is 9.98. The van der Waals surface area contributed by atoms with Crippen LogP contribution >= 0.6 is 0 Å². The molecule has 0 spiro atoms. The predicted octanol–water partition coefficient (Wildman–Crippen LogP) is 0.857. The highest BCUT2D eigenvalue weighted by atomic mass is 16.4. The number of hydrogen-bond acceptors (Lipinski definition) is 4. The second-order valence-corrected chi connectivity index (χ2v) is 3.50. The zero-order valence-corrected chi connectivity index (χ0v) is 9.97. The first-order valence-corrected chi connectivity index (χ1v) is 5.70. The molecule has 0 aliphatic carbocycles. The number of unbranched alkanes of at least 4 members (excludes halogenated alkanes) is 3. The lowest BCUT2D eigenvalue weighted by molar-refractivity contribution is -0.137. The van der Waals surface area contributed by atoms with Gasteiger partial charge in [0.05, 0.1) is 0 Å². The number of carboxylic acids is 2. The van der Waals surface area contributed by atoms with Crippen LogP contribution in [-0.2, 0) is 9.59 Å². The maximum absolute atomic E-state index is 9.98. The van der Waals surface area contributed by atoms with E-state index < -0.39 is 11.9 Å². The van der Waals surface area contributed by atoms with Crippen LogP contribution in [-0.4, -0.2) is 45.6 Å². The van der Waals surface area contributed by atoms with Crippen molar-refractivity contribution in [2.24, 2.45) is 0 Å². The van der Waals surface area contributed by atoms with E-state index >= 15 is 0 Å². The molecule has 0 saturated carbocycles. The maximum Gasteiger partial charge on any atom is 0.303 e. The van der Waals surface area contributed by atoms with Gasteiger partial charge in [0.2, 0.25) is 0 Å². The molecule has 0 aromatic heterocycles. The van der Waals surface area contributed by atoms with Crippen LogP contribution < -0.4 is 0 Å². The van der Waals surface area contributed by atoms with Crippen molar-refractivity contribution in [3.8, 4) is 0 Å². The topological polar surface area (TPSA) is 115 Å². The smallest absolute Gasteiger partial charge is 0.303 e. The van der Waals surface area contributed by atoms with Crippen LogP contribution in [0.15, 0.2) is 0 Å². The van der Waals surface area contributed by atoms with E-state index in [1.165, 1.54) is 0 Å². The Bertz CT molecular complexity index is 172. The molecule has 0 fully saturated rings. The molecule has 0 rings (SSSR count). The zero-order chi connectivity index (χ0) is 13.5. The molecule has 0 aromatic rings. The molecule has 0 heterocycles. The Morgan fingerprint density at radius 1 is 0.647 bits per heavy atom. The Balaban J connectivity index is 0. The van der Waals surface area contributed by atoms with Gasteiger partial charge < -0.3 is 20.4 Å². The van der Waals surface area contributed by atoms with E-state index in [0.29, 0.717) is 19.3 Å². The first kappa shape index (κ1) is 18.2. The molecule has 0 aromatic carbocycles. The van der Waals surface area contributed by atoms with Gasteiger partial charge in [0.25, 0.3) is 0 Å². The van der Waals surface area contributed by atoms with Gasteiger partial charge in [-0.1, -0.05) is 6.42 Å². The molecular formula is C11H22O6. The summed E-state index contributed by atoms with van der Waals surface area (Å²) in [5.41, 5.74) is 0. The number of aliphatic hydroxyl groups is 2. The van der Waals surface area contributed by atoms with Crippen LogP contribution in [0.25, 0.3) is 0 Å². The lowest BCUT2D eigenvalue weighted by Gasteiger charge is -1.94. The number of aliphatic carboxylic acids is 2. The van der Waals surface area contributed by atoms with E-state index in [2.05, 4.69) is 0 Å². The minimum absolute atomic E-state index is 0.139. The number of rotatable bonds is 9. The summed E-state index contributed by atoms with van der Waals surface area (Å²) in [5, 5.41) is 32.6. The fraction of sp³-hybridized carbons (Fsp3) is 0.818. The average molecular weight is 250 g/mol. The van der Waals surface area contributed by atoms with Gasteiger partial charge in [-0.2, -0.15) is 0 Å². The van der Waals surface area contributed by atoms with E-state index in [-0.39, 0.29) is 26.1 Å². The number of aliphatic hydroxyl groups excluding tert-OH is 2. The van der Waals surface area contributed by atoms with E-state index in [1.54, 1.807) is 0 Å². The van der Waals surface area contributed by atoms with Crippen molar-refractivity contribution in [3.63, 3.8) is 0 Å². The van der Waals surface area contributed by atoms with Gasteiger partial charge in [0, 0.05) is 26.1 Å². The summed E-state index contributed by atoms with van der Waals surface area (Å²) in [4.78, 5) is 20.0. The van der Waals surface area contributed by atoms with Crippen LogP contribution in [0.3, 0.4) is 0 Å². The molecule has 0 aliphatic rings. The van der Waals surface area contributed by atoms with Gasteiger partial charge >= 0.3 is 11.9 Å². The standard InChI is InChI=1S/C7H12O4.C4H10O2/c8-6(9)4-2-1-3-5-7(10)11;5-3-1-2-4-6/h1-5H2,(H,8,9)(H,10,11);5-6H,1-4H2. The summed E-state index contributed by atoms with van der Waals surface area (Å²) in [6.45, 7) is 0.390. The SMILES string of the molecule is O=C(O)CCCCCC(=O)O.OCCCCO. The fourth-order valence-electron chi connectivity index (χ4n) is 0.953. The van der Waals surface area contributed by atoms with Crippen molar-refractivity contribution < 1.29 is 30.0 Å². The van der Waals surface area contributed by atoms with Gasteiger partial charge in [-0.15, -0.1) is 0 Å². The van der Waals surface area contributed by atoms with E-state index in [9.17, 15) is 9.59 Å². The largest absolute Gasteiger partial charge is 0.481 e. The van der Waals surface area contributed by atoms with Crippen molar-refractivity contribution in [1.29, 1.82) is 0 Å². The first-order chi connectivity index (χ1) is 8.04. The molecule has 4 N–H and O–H groups in total. The van der Waals surface area contributed by atoms with Gasteiger partial charge in [-0.05, 0) is 25.7 Å². The number of carbonyl (C=O) groups is 2. The van der Waals surface area contributed by atoms with Gasteiger partial charge in [-0.3, -0.25) is 9.59 Å². The predicted molar refractivity (Wildman–Crippen MR) is 61.8 cm³/mol. The highest BCUT2D eigenvalue weighted by Gasteiger charge is 1.98. The van der Waals surface area contributed by atoms with Crippen LogP contribution in [0, 0.1) is 0 Å². The van der Waals surface area contributed by atoms with Crippen molar-refractivity contribution in [2.45, 2.75) is 44.9 Å². The van der Waals surface area contributed by atoms with Crippen molar-refractivity contribution in [2.75, 3.05) is 13.2 Å². The molecule has 0 amide bonds. The Morgan fingerprint density at radius 3 is 1.24 bits per heavy atom. The number of hydrogen-bond donors (Lipinski definition) is 4. The molecule has 6 heteroatoms. The second kappa shape index (κ2) is 14.9. The second-order valence-electron chi connectivity index (χ2n) is 3.50. The first-order valence-electron chi connectivity index (χ1n) is 5.70. The van der Waals surface area contributed by atoms with Crippen LogP contribution in [0.4, 0.5) is 0 Å². The van der Waals surface area contributed by atoms with Gasteiger partial charge in [-0.25, -0.2) is 0 Å². The van der Waals surface area contributed by atoms with E-state index in [1.807, 2.05) is 0 Å². The molecule has 17 heavy (non-hydrogen) atoms. The fourth-order valence-corrected chi connectivity index (χ4v) is 0.953. The summed E-state index contributed by atoms with van der Waals surface area (Å²) >= 11 is 0. The Morgan fingerprint density at radius 2 is 1.00 bits per heavy atom. The van der Waals surface area contributed by atoms with Crippen LogP contribution in [0.5, 0.6) is 0 Å². The molecule has 0 unspecified atom stereocenters. The minimum atomic E-state index is -0.819. The third kappa shape index (κ3) is 25.3. The summed E-state index contributed by atoms with van der Waals surface area (Å²) in [6, 6.07) is 0. The highest BCUT2D eigenvalue weighted by Crippen LogP contribution is 2.02. The summed E-state index contributed by atoms with van der Waals surface area (Å²) in [6.07, 6.45) is 3.54. The molecule has 102 valence electrons. The molecule has 0 bridgehead atoms. The zero-order valence-electron chi connectivity index (χ0n) is 9.97. The van der Waals surface area contributed by atoms with Crippen LogP contribution in [0.2, 0.25) is 0 Å². The normalized spacial score (nSPS) is 9.29. The molecular weight excluding hydrogens is 228 g/mol. The lowest BCUT2D eigenvalue weighted by atomic mass is 10.1. The average Bonchev–Trinajstić information content (AvgIpc) is 2.26. The molecule has 6 nitrogen and oxygen atoms in total. The van der Waals surface area contributed by atoms with Gasteiger partial charge in [0.15, 0.2) is 0 Å².